The summed E-state index contributed by atoms with van der Waals surface area (Å²) in [5.74, 6) is 0. The van der Waals surface area contributed by atoms with Gasteiger partial charge < -0.3 is 10.6 Å². The molecule has 0 aliphatic heterocycles. The molecule has 1 aromatic rings. The minimum Gasteiger partial charge on any atom is -0.314 e. The molecular formula is C12H22N2S. The van der Waals surface area contributed by atoms with Crippen LogP contribution in [0.1, 0.15) is 30.7 Å². The topological polar surface area (TPSA) is 24.1 Å². The van der Waals surface area contributed by atoms with Crippen LogP contribution < -0.4 is 10.6 Å². The second-order valence-electron chi connectivity index (χ2n) is 4.17. The third-order valence-electron chi connectivity index (χ3n) is 2.34. The number of hydrogen-bond donors (Lipinski definition) is 2. The van der Waals surface area contributed by atoms with Gasteiger partial charge >= 0.3 is 0 Å². The summed E-state index contributed by atoms with van der Waals surface area (Å²) in [4.78, 5) is 1.46. The first-order valence-corrected chi connectivity index (χ1v) is 6.55. The van der Waals surface area contributed by atoms with Crippen LogP contribution in [0.4, 0.5) is 0 Å². The second kappa shape index (κ2) is 6.99. The minimum atomic E-state index is 0.601. The molecule has 2 N–H and O–H groups in total. The van der Waals surface area contributed by atoms with E-state index in [9.17, 15) is 0 Å². The van der Waals surface area contributed by atoms with Crippen LogP contribution in [0, 0.1) is 6.92 Å². The first-order chi connectivity index (χ1) is 7.20. The van der Waals surface area contributed by atoms with Crippen molar-refractivity contribution in [1.29, 1.82) is 0 Å². The molecule has 1 aromatic heterocycles. The van der Waals surface area contributed by atoms with Crippen molar-refractivity contribution in [3.8, 4) is 0 Å². The highest BCUT2D eigenvalue weighted by Crippen LogP contribution is 2.14. The van der Waals surface area contributed by atoms with E-state index in [1.807, 2.05) is 11.3 Å². The summed E-state index contributed by atoms with van der Waals surface area (Å²) >= 11 is 1.84. The van der Waals surface area contributed by atoms with Gasteiger partial charge in [-0.25, -0.2) is 0 Å². The van der Waals surface area contributed by atoms with E-state index in [2.05, 4.69) is 42.9 Å². The number of thiophene rings is 1. The third-order valence-corrected chi connectivity index (χ3v) is 3.36. The Kier molecular flexibility index (Phi) is 5.91. The Morgan fingerprint density at radius 3 is 2.73 bits per heavy atom. The van der Waals surface area contributed by atoms with Gasteiger partial charge in [-0.15, -0.1) is 11.3 Å². The SMILES string of the molecule is Cc1ccsc1CNCCCNC(C)C. The van der Waals surface area contributed by atoms with Gasteiger partial charge in [0.15, 0.2) is 0 Å². The van der Waals surface area contributed by atoms with Gasteiger partial charge in [-0.05, 0) is 43.4 Å². The molecule has 0 aliphatic carbocycles. The molecule has 0 fully saturated rings. The molecule has 2 nitrogen and oxygen atoms in total. The molecule has 0 unspecified atom stereocenters. The molecule has 15 heavy (non-hydrogen) atoms. The summed E-state index contributed by atoms with van der Waals surface area (Å²) in [5, 5.41) is 9.05. The van der Waals surface area contributed by atoms with Crippen LogP contribution in [0.2, 0.25) is 0 Å². The second-order valence-corrected chi connectivity index (χ2v) is 5.17. The first-order valence-electron chi connectivity index (χ1n) is 5.67. The Morgan fingerprint density at radius 1 is 1.33 bits per heavy atom. The van der Waals surface area contributed by atoms with Crippen LogP contribution in [0.25, 0.3) is 0 Å². The fraction of sp³-hybridized carbons (Fsp3) is 0.667. The normalized spacial score (nSPS) is 11.2. The average Bonchev–Trinajstić information content (AvgIpc) is 2.57. The molecule has 1 heterocycles. The molecule has 0 atom stereocenters. The van der Waals surface area contributed by atoms with E-state index in [-0.39, 0.29) is 0 Å². The number of nitrogens with one attached hydrogen (secondary N) is 2. The number of rotatable bonds is 7. The van der Waals surface area contributed by atoms with Gasteiger partial charge in [0.1, 0.15) is 0 Å². The van der Waals surface area contributed by atoms with Crippen molar-refractivity contribution in [3.63, 3.8) is 0 Å². The van der Waals surface area contributed by atoms with E-state index >= 15 is 0 Å². The molecule has 0 saturated heterocycles. The number of aryl methyl sites for hydroxylation is 1. The monoisotopic (exact) mass is 226 g/mol. The Bertz CT molecular complexity index is 268. The van der Waals surface area contributed by atoms with Crippen LogP contribution in [0.5, 0.6) is 0 Å². The van der Waals surface area contributed by atoms with Gasteiger partial charge in [-0.1, -0.05) is 13.8 Å². The highest BCUT2D eigenvalue weighted by atomic mass is 32.1. The van der Waals surface area contributed by atoms with E-state index in [0.29, 0.717) is 6.04 Å². The lowest BCUT2D eigenvalue weighted by Gasteiger charge is -2.08. The molecule has 3 heteroatoms. The maximum Gasteiger partial charge on any atom is 0.0302 e. The Balaban J connectivity index is 2.00. The average molecular weight is 226 g/mol. The smallest absolute Gasteiger partial charge is 0.0302 e. The van der Waals surface area contributed by atoms with Crippen LogP contribution in [0.3, 0.4) is 0 Å². The molecule has 86 valence electrons. The minimum absolute atomic E-state index is 0.601. The molecule has 0 aliphatic rings. The summed E-state index contributed by atoms with van der Waals surface area (Å²) in [5.41, 5.74) is 1.41. The van der Waals surface area contributed by atoms with E-state index in [4.69, 9.17) is 0 Å². The lowest BCUT2D eigenvalue weighted by Crippen LogP contribution is -2.26. The summed E-state index contributed by atoms with van der Waals surface area (Å²) in [7, 11) is 0. The van der Waals surface area contributed by atoms with Crippen molar-refractivity contribution >= 4 is 11.3 Å². The van der Waals surface area contributed by atoms with Crippen molar-refractivity contribution in [1.82, 2.24) is 10.6 Å². The predicted molar refractivity (Wildman–Crippen MR) is 68.5 cm³/mol. The van der Waals surface area contributed by atoms with Crippen molar-refractivity contribution in [3.05, 3.63) is 21.9 Å². The van der Waals surface area contributed by atoms with Gasteiger partial charge in [0.2, 0.25) is 0 Å². The van der Waals surface area contributed by atoms with E-state index in [1.165, 1.54) is 16.9 Å². The lowest BCUT2D eigenvalue weighted by atomic mass is 10.3. The summed E-state index contributed by atoms with van der Waals surface area (Å²) < 4.78 is 0. The molecule has 0 bridgehead atoms. The zero-order valence-corrected chi connectivity index (χ0v) is 10.8. The summed E-state index contributed by atoms with van der Waals surface area (Å²) in [6.07, 6.45) is 1.20. The quantitative estimate of drug-likeness (QED) is 0.698. The zero-order chi connectivity index (χ0) is 11.1. The molecule has 0 radical (unpaired) electrons. The predicted octanol–water partition coefficient (Wildman–Crippen LogP) is 2.53. The van der Waals surface area contributed by atoms with Crippen molar-refractivity contribution in [2.24, 2.45) is 0 Å². The van der Waals surface area contributed by atoms with Crippen LogP contribution in [-0.4, -0.2) is 19.1 Å². The van der Waals surface area contributed by atoms with Crippen molar-refractivity contribution in [2.75, 3.05) is 13.1 Å². The molecule has 0 aromatic carbocycles. The molecule has 0 saturated carbocycles. The lowest BCUT2D eigenvalue weighted by molar-refractivity contribution is 0.548. The van der Waals surface area contributed by atoms with E-state index in [0.717, 1.165) is 19.6 Å². The number of hydrogen-bond acceptors (Lipinski definition) is 3. The Hall–Kier alpha value is -0.380. The van der Waals surface area contributed by atoms with E-state index < -0.39 is 0 Å². The van der Waals surface area contributed by atoms with Gasteiger partial charge in [-0.3, -0.25) is 0 Å². The maximum atomic E-state index is 3.47. The fourth-order valence-electron chi connectivity index (χ4n) is 1.39. The molecule has 1 rings (SSSR count). The first kappa shape index (κ1) is 12.7. The fourth-order valence-corrected chi connectivity index (χ4v) is 2.27. The standard InChI is InChI=1S/C12H22N2S/c1-10(2)14-7-4-6-13-9-12-11(3)5-8-15-12/h5,8,10,13-14H,4,6-7,9H2,1-3H3. The Labute approximate surface area is 97.1 Å². The largest absolute Gasteiger partial charge is 0.314 e. The molecular weight excluding hydrogens is 204 g/mol. The Morgan fingerprint density at radius 2 is 2.13 bits per heavy atom. The molecule has 0 spiro atoms. The third kappa shape index (κ3) is 5.30. The van der Waals surface area contributed by atoms with Crippen LogP contribution in [-0.2, 0) is 6.54 Å². The highest BCUT2D eigenvalue weighted by molar-refractivity contribution is 7.10. The maximum absolute atomic E-state index is 3.47. The summed E-state index contributed by atoms with van der Waals surface area (Å²) in [6.45, 7) is 9.76. The van der Waals surface area contributed by atoms with E-state index in [1.54, 1.807) is 0 Å². The zero-order valence-electron chi connectivity index (χ0n) is 9.97. The van der Waals surface area contributed by atoms with Gasteiger partial charge in [0, 0.05) is 17.5 Å². The molecule has 0 amide bonds. The highest BCUT2D eigenvalue weighted by Gasteiger charge is 1.98. The van der Waals surface area contributed by atoms with Crippen molar-refractivity contribution < 1.29 is 0 Å². The summed E-state index contributed by atoms with van der Waals surface area (Å²) in [6, 6.07) is 2.78. The van der Waals surface area contributed by atoms with Crippen LogP contribution in [0.15, 0.2) is 11.4 Å². The van der Waals surface area contributed by atoms with Gasteiger partial charge in [0.25, 0.3) is 0 Å². The van der Waals surface area contributed by atoms with Crippen LogP contribution >= 0.6 is 11.3 Å². The van der Waals surface area contributed by atoms with Gasteiger partial charge in [0.05, 0.1) is 0 Å². The van der Waals surface area contributed by atoms with Gasteiger partial charge in [-0.2, -0.15) is 0 Å². The van der Waals surface area contributed by atoms with Crippen molar-refractivity contribution in [2.45, 2.75) is 39.8 Å².